The summed E-state index contributed by atoms with van der Waals surface area (Å²) < 4.78 is 25.1. The van der Waals surface area contributed by atoms with Crippen molar-refractivity contribution in [1.82, 2.24) is 9.55 Å². The van der Waals surface area contributed by atoms with E-state index in [9.17, 15) is 23.9 Å². The van der Waals surface area contributed by atoms with Crippen LogP contribution in [0.5, 0.6) is 0 Å². The van der Waals surface area contributed by atoms with Crippen LogP contribution in [0.4, 0.5) is 4.39 Å². The van der Waals surface area contributed by atoms with Gasteiger partial charge in [0.25, 0.3) is 5.56 Å². The fourth-order valence-corrected chi connectivity index (χ4v) is 2.61. The standard InChI is InChI=1S/C16H15FN2O6/c17-10-7-19(16(23)18-14(10)21)13-6-11(12(8-20)24-13)25-15(22)9-4-2-1-3-5-9/h1-5,7,11-13,20H,6,8H2,(H,18,21,23)/t11?,12-,13-/m0/s1. The zero-order chi connectivity index (χ0) is 18.0. The molecule has 1 fully saturated rings. The van der Waals surface area contributed by atoms with Gasteiger partial charge in [-0.25, -0.2) is 9.59 Å². The molecule has 3 atom stereocenters. The maximum atomic E-state index is 13.4. The van der Waals surface area contributed by atoms with E-state index in [1.54, 1.807) is 30.3 Å². The van der Waals surface area contributed by atoms with Crippen LogP contribution in [-0.4, -0.2) is 39.4 Å². The lowest BCUT2D eigenvalue weighted by atomic mass is 10.1. The van der Waals surface area contributed by atoms with Crippen LogP contribution in [0.15, 0.2) is 46.1 Å². The summed E-state index contributed by atoms with van der Waals surface area (Å²) in [5.41, 5.74) is -1.66. The number of aromatic nitrogens is 2. The van der Waals surface area contributed by atoms with Crippen molar-refractivity contribution in [2.45, 2.75) is 24.9 Å². The van der Waals surface area contributed by atoms with E-state index in [1.165, 1.54) is 0 Å². The first-order valence-electron chi connectivity index (χ1n) is 7.53. The quantitative estimate of drug-likeness (QED) is 0.761. The van der Waals surface area contributed by atoms with Gasteiger partial charge in [0.05, 0.1) is 18.4 Å². The summed E-state index contributed by atoms with van der Waals surface area (Å²) in [6, 6.07) is 8.25. The number of carbonyl (C=O) groups is 1. The predicted octanol–water partition coefficient (Wildman–Crippen LogP) is 0.181. The van der Waals surface area contributed by atoms with E-state index in [4.69, 9.17) is 9.47 Å². The van der Waals surface area contributed by atoms with Gasteiger partial charge in [0.2, 0.25) is 5.82 Å². The number of hydrogen-bond acceptors (Lipinski definition) is 6. The number of aromatic amines is 1. The number of benzene rings is 1. The van der Waals surface area contributed by atoms with Gasteiger partial charge in [0.1, 0.15) is 18.4 Å². The van der Waals surface area contributed by atoms with E-state index in [-0.39, 0.29) is 6.42 Å². The minimum Gasteiger partial charge on any atom is -0.456 e. The molecule has 0 bridgehead atoms. The Morgan fingerprint density at radius 3 is 2.76 bits per heavy atom. The summed E-state index contributed by atoms with van der Waals surface area (Å²) in [7, 11) is 0. The molecule has 3 rings (SSSR count). The van der Waals surface area contributed by atoms with E-state index in [2.05, 4.69) is 0 Å². The Morgan fingerprint density at radius 2 is 2.08 bits per heavy atom. The summed E-state index contributed by atoms with van der Waals surface area (Å²) in [5.74, 6) is -1.75. The van der Waals surface area contributed by atoms with Crippen molar-refractivity contribution >= 4 is 5.97 Å². The molecular formula is C16H15FN2O6. The van der Waals surface area contributed by atoms with Gasteiger partial charge < -0.3 is 14.6 Å². The molecule has 0 radical (unpaired) electrons. The molecular weight excluding hydrogens is 335 g/mol. The van der Waals surface area contributed by atoms with E-state index in [0.717, 1.165) is 10.8 Å². The van der Waals surface area contributed by atoms with Crippen molar-refractivity contribution in [1.29, 1.82) is 0 Å². The first-order valence-corrected chi connectivity index (χ1v) is 7.53. The Morgan fingerprint density at radius 1 is 1.36 bits per heavy atom. The molecule has 9 heteroatoms. The molecule has 25 heavy (non-hydrogen) atoms. The van der Waals surface area contributed by atoms with Gasteiger partial charge in [-0.1, -0.05) is 18.2 Å². The van der Waals surface area contributed by atoms with Crippen molar-refractivity contribution in [3.8, 4) is 0 Å². The average Bonchev–Trinajstić information content (AvgIpc) is 3.01. The molecule has 1 aromatic carbocycles. The SMILES string of the molecule is O=C(OC1C[C@@H](n2cc(F)c(=O)[nH]c2=O)O[C@H]1CO)c1ccccc1. The fourth-order valence-electron chi connectivity index (χ4n) is 2.61. The number of nitrogens with one attached hydrogen (secondary N) is 1. The van der Waals surface area contributed by atoms with Gasteiger partial charge in [0, 0.05) is 6.42 Å². The van der Waals surface area contributed by atoms with Crippen LogP contribution in [0.1, 0.15) is 23.0 Å². The van der Waals surface area contributed by atoms with E-state index < -0.39 is 48.1 Å². The van der Waals surface area contributed by atoms with Gasteiger partial charge in [-0.2, -0.15) is 4.39 Å². The lowest BCUT2D eigenvalue weighted by Crippen LogP contribution is -2.34. The molecule has 0 spiro atoms. The molecule has 2 aromatic rings. The Bertz CT molecular complexity index is 878. The van der Waals surface area contributed by atoms with Gasteiger partial charge in [-0.15, -0.1) is 0 Å². The number of halogens is 1. The zero-order valence-corrected chi connectivity index (χ0v) is 12.9. The predicted molar refractivity (Wildman–Crippen MR) is 82.5 cm³/mol. The highest BCUT2D eigenvalue weighted by atomic mass is 19.1. The summed E-state index contributed by atoms with van der Waals surface area (Å²) in [5, 5.41) is 9.42. The first kappa shape index (κ1) is 17.1. The summed E-state index contributed by atoms with van der Waals surface area (Å²) >= 11 is 0. The van der Waals surface area contributed by atoms with E-state index in [1.807, 2.05) is 4.98 Å². The van der Waals surface area contributed by atoms with Crippen LogP contribution in [0.2, 0.25) is 0 Å². The van der Waals surface area contributed by atoms with Crippen molar-refractivity contribution in [2.24, 2.45) is 0 Å². The number of ether oxygens (including phenoxy) is 2. The van der Waals surface area contributed by atoms with Crippen LogP contribution >= 0.6 is 0 Å². The van der Waals surface area contributed by atoms with Crippen molar-refractivity contribution in [2.75, 3.05) is 6.61 Å². The smallest absolute Gasteiger partial charge is 0.338 e. The highest BCUT2D eigenvalue weighted by molar-refractivity contribution is 5.89. The van der Waals surface area contributed by atoms with Crippen LogP contribution in [0.25, 0.3) is 0 Å². The maximum Gasteiger partial charge on any atom is 0.338 e. The lowest BCUT2D eigenvalue weighted by Gasteiger charge is -2.16. The van der Waals surface area contributed by atoms with Crippen LogP contribution in [0, 0.1) is 5.82 Å². The Kier molecular flexibility index (Phi) is 4.77. The topological polar surface area (TPSA) is 111 Å². The number of carbonyl (C=O) groups excluding carboxylic acids is 1. The molecule has 1 aromatic heterocycles. The molecule has 8 nitrogen and oxygen atoms in total. The lowest BCUT2D eigenvalue weighted by molar-refractivity contribution is -0.0524. The number of hydrogen-bond donors (Lipinski definition) is 2. The maximum absolute atomic E-state index is 13.4. The molecule has 2 N–H and O–H groups in total. The van der Waals surface area contributed by atoms with E-state index in [0.29, 0.717) is 5.56 Å². The van der Waals surface area contributed by atoms with Crippen LogP contribution in [-0.2, 0) is 9.47 Å². The average molecular weight is 350 g/mol. The number of nitrogens with zero attached hydrogens (tertiary/aromatic N) is 1. The summed E-state index contributed by atoms with van der Waals surface area (Å²) in [4.78, 5) is 36.9. The molecule has 132 valence electrons. The highest BCUT2D eigenvalue weighted by Gasteiger charge is 2.39. The highest BCUT2D eigenvalue weighted by Crippen LogP contribution is 2.30. The van der Waals surface area contributed by atoms with Gasteiger partial charge in [-0.05, 0) is 12.1 Å². The molecule has 0 amide bonds. The Balaban J connectivity index is 1.79. The summed E-state index contributed by atoms with van der Waals surface area (Å²) in [6.07, 6.45) is -1.94. The number of rotatable bonds is 4. The van der Waals surface area contributed by atoms with Crippen molar-refractivity contribution in [3.05, 3.63) is 68.7 Å². The number of aliphatic hydroxyl groups is 1. The first-order chi connectivity index (χ1) is 12.0. The third-order valence-corrected chi connectivity index (χ3v) is 3.86. The van der Waals surface area contributed by atoms with Gasteiger partial charge >= 0.3 is 11.7 Å². The van der Waals surface area contributed by atoms with Gasteiger partial charge in [-0.3, -0.25) is 14.3 Å². The largest absolute Gasteiger partial charge is 0.456 e. The van der Waals surface area contributed by atoms with Gasteiger partial charge in [0.15, 0.2) is 0 Å². The van der Waals surface area contributed by atoms with Crippen LogP contribution < -0.4 is 11.2 Å². The van der Waals surface area contributed by atoms with E-state index >= 15 is 0 Å². The Labute approximate surface area is 140 Å². The second-order valence-corrected chi connectivity index (χ2v) is 5.50. The minimum absolute atomic E-state index is 0.0230. The monoisotopic (exact) mass is 350 g/mol. The van der Waals surface area contributed by atoms with Crippen LogP contribution in [0.3, 0.4) is 0 Å². The third-order valence-electron chi connectivity index (χ3n) is 3.86. The minimum atomic E-state index is -1.14. The molecule has 1 saturated heterocycles. The number of aliphatic hydroxyl groups excluding tert-OH is 1. The molecule has 2 heterocycles. The Hall–Kier alpha value is -2.78. The van der Waals surface area contributed by atoms with Crippen molar-refractivity contribution in [3.63, 3.8) is 0 Å². The number of H-pyrrole nitrogens is 1. The molecule has 1 aliphatic rings. The summed E-state index contributed by atoms with van der Waals surface area (Å²) in [6.45, 7) is -0.455. The third kappa shape index (κ3) is 3.52. The van der Waals surface area contributed by atoms with Crippen molar-refractivity contribution < 1.29 is 23.8 Å². The molecule has 1 aliphatic heterocycles. The second-order valence-electron chi connectivity index (χ2n) is 5.50. The number of esters is 1. The second kappa shape index (κ2) is 6.99. The molecule has 0 aliphatic carbocycles. The molecule has 0 saturated carbocycles. The fraction of sp³-hybridized carbons (Fsp3) is 0.312. The normalized spacial score (nSPS) is 22.7. The zero-order valence-electron chi connectivity index (χ0n) is 12.9. The molecule has 1 unspecified atom stereocenters.